The lowest BCUT2D eigenvalue weighted by Crippen LogP contribution is -2.21. The number of carboxylic acids is 1. The minimum atomic E-state index is -0.925. The highest BCUT2D eigenvalue weighted by molar-refractivity contribution is 5.94. The summed E-state index contributed by atoms with van der Waals surface area (Å²) in [5.74, 6) is -0.536. The summed E-state index contributed by atoms with van der Waals surface area (Å²) in [4.78, 5) is 40.2. The van der Waals surface area contributed by atoms with Gasteiger partial charge in [0, 0.05) is 25.1 Å². The van der Waals surface area contributed by atoms with Crippen LogP contribution in [0.25, 0.3) is 22.6 Å². The van der Waals surface area contributed by atoms with Crippen LogP contribution >= 0.6 is 0 Å². The molecular formula is C23H21N3O4. The van der Waals surface area contributed by atoms with Gasteiger partial charge in [-0.2, -0.15) is 0 Å². The largest absolute Gasteiger partial charge is 0.481 e. The van der Waals surface area contributed by atoms with E-state index in [1.807, 2.05) is 36.4 Å². The number of hydrogen-bond acceptors (Lipinski definition) is 4. The van der Waals surface area contributed by atoms with Crippen LogP contribution in [0.5, 0.6) is 0 Å². The van der Waals surface area contributed by atoms with Crippen molar-refractivity contribution < 1.29 is 14.7 Å². The smallest absolute Gasteiger partial charge is 0.303 e. The maximum atomic E-state index is 12.9. The second-order valence-corrected chi connectivity index (χ2v) is 7.25. The van der Waals surface area contributed by atoms with Crippen LogP contribution in [0.1, 0.15) is 37.1 Å². The van der Waals surface area contributed by atoms with E-state index < -0.39 is 5.97 Å². The van der Waals surface area contributed by atoms with Crippen molar-refractivity contribution in [3.8, 4) is 0 Å². The third-order valence-electron chi connectivity index (χ3n) is 5.07. The van der Waals surface area contributed by atoms with E-state index >= 15 is 0 Å². The highest BCUT2D eigenvalue weighted by Crippen LogP contribution is 2.28. The van der Waals surface area contributed by atoms with E-state index in [9.17, 15) is 14.4 Å². The molecule has 2 heterocycles. The predicted molar refractivity (Wildman–Crippen MR) is 115 cm³/mol. The van der Waals surface area contributed by atoms with Crippen molar-refractivity contribution in [2.75, 3.05) is 5.32 Å². The SMILES string of the molecule is O=C(O)CCCC(=O)Nc1ccc2c(=O)n3c(nc2c1)/C(=C/c1ccccc1)CC3. The van der Waals surface area contributed by atoms with E-state index in [0.717, 1.165) is 17.6 Å². The van der Waals surface area contributed by atoms with Crippen LogP contribution in [0.2, 0.25) is 0 Å². The summed E-state index contributed by atoms with van der Waals surface area (Å²) in [6.07, 6.45) is 3.13. The number of hydrogen-bond donors (Lipinski definition) is 2. The standard InChI is InChI=1S/C23H21N3O4/c27-20(7-4-8-21(28)29)24-17-9-10-18-19(14-17)25-22-16(11-12-26(22)23(18)30)13-15-5-2-1-3-6-15/h1-3,5-6,9-10,13-14H,4,7-8,11-12H2,(H,24,27)(H,28,29)/b16-13+. The van der Waals surface area contributed by atoms with Gasteiger partial charge in [0.05, 0.1) is 10.9 Å². The Hall–Kier alpha value is -3.74. The first-order chi connectivity index (χ1) is 14.5. The molecule has 1 aliphatic rings. The molecule has 0 unspecified atom stereocenters. The number of aliphatic carboxylic acids is 1. The Morgan fingerprint density at radius 1 is 1.13 bits per heavy atom. The Bertz CT molecular complexity index is 1210. The number of nitrogens with one attached hydrogen (secondary N) is 1. The Morgan fingerprint density at radius 3 is 2.70 bits per heavy atom. The molecule has 1 aromatic heterocycles. The predicted octanol–water partition coefficient (Wildman–Crippen LogP) is 3.53. The Kier molecular flexibility index (Phi) is 5.43. The molecular weight excluding hydrogens is 382 g/mol. The molecule has 1 amide bonds. The summed E-state index contributed by atoms with van der Waals surface area (Å²) in [6.45, 7) is 0.595. The number of carbonyl (C=O) groups is 2. The van der Waals surface area contributed by atoms with Crippen molar-refractivity contribution in [2.24, 2.45) is 0 Å². The number of carboxylic acid groups (broad SMARTS) is 1. The number of anilines is 1. The second kappa shape index (κ2) is 8.32. The van der Waals surface area contributed by atoms with Crippen LogP contribution < -0.4 is 10.9 Å². The van der Waals surface area contributed by atoms with Crippen LogP contribution in [0.15, 0.2) is 53.3 Å². The van der Waals surface area contributed by atoms with Gasteiger partial charge in [-0.25, -0.2) is 4.98 Å². The lowest BCUT2D eigenvalue weighted by atomic mass is 10.1. The number of fused-ring (bicyclic) bond motifs is 2. The van der Waals surface area contributed by atoms with Gasteiger partial charge in [0.15, 0.2) is 0 Å². The molecule has 0 aliphatic carbocycles. The fraction of sp³-hybridized carbons (Fsp3) is 0.217. The van der Waals surface area contributed by atoms with Crippen molar-refractivity contribution in [3.05, 3.63) is 70.3 Å². The van der Waals surface area contributed by atoms with Gasteiger partial charge < -0.3 is 10.4 Å². The van der Waals surface area contributed by atoms with E-state index in [2.05, 4.69) is 5.32 Å². The second-order valence-electron chi connectivity index (χ2n) is 7.25. The number of rotatable bonds is 6. The van der Waals surface area contributed by atoms with Crippen LogP contribution in [-0.4, -0.2) is 26.5 Å². The monoisotopic (exact) mass is 403 g/mol. The van der Waals surface area contributed by atoms with Crippen LogP contribution in [0, 0.1) is 0 Å². The number of benzene rings is 2. The van der Waals surface area contributed by atoms with E-state index in [4.69, 9.17) is 10.1 Å². The van der Waals surface area contributed by atoms with Crippen LogP contribution in [-0.2, 0) is 16.1 Å². The van der Waals surface area contributed by atoms with E-state index in [1.54, 1.807) is 22.8 Å². The number of allylic oxidation sites excluding steroid dienone is 1. The number of aromatic nitrogens is 2. The first-order valence-corrected chi connectivity index (χ1v) is 9.83. The number of nitrogens with zero attached hydrogens (tertiary/aromatic N) is 2. The average molecular weight is 403 g/mol. The zero-order valence-electron chi connectivity index (χ0n) is 16.3. The highest BCUT2D eigenvalue weighted by atomic mass is 16.4. The molecule has 152 valence electrons. The summed E-state index contributed by atoms with van der Waals surface area (Å²) in [7, 11) is 0. The molecule has 4 rings (SSSR count). The molecule has 1 aliphatic heterocycles. The lowest BCUT2D eigenvalue weighted by Gasteiger charge is -2.09. The van der Waals surface area contributed by atoms with Crippen LogP contribution in [0.3, 0.4) is 0 Å². The quantitative estimate of drug-likeness (QED) is 0.656. The molecule has 2 N–H and O–H groups in total. The van der Waals surface area contributed by atoms with Gasteiger partial charge >= 0.3 is 5.97 Å². The minimum absolute atomic E-state index is 0.0495. The molecule has 7 nitrogen and oxygen atoms in total. The Morgan fingerprint density at radius 2 is 1.93 bits per heavy atom. The molecule has 3 aromatic rings. The van der Waals surface area contributed by atoms with E-state index in [0.29, 0.717) is 29.0 Å². The Labute approximate surface area is 172 Å². The molecule has 0 atom stereocenters. The molecule has 0 radical (unpaired) electrons. The summed E-state index contributed by atoms with van der Waals surface area (Å²) >= 11 is 0. The molecule has 0 fully saturated rings. The third kappa shape index (κ3) is 4.15. The zero-order chi connectivity index (χ0) is 21.1. The lowest BCUT2D eigenvalue weighted by molar-refractivity contribution is -0.137. The topological polar surface area (TPSA) is 101 Å². The maximum absolute atomic E-state index is 12.9. The fourth-order valence-electron chi connectivity index (χ4n) is 3.61. The van der Waals surface area contributed by atoms with E-state index in [-0.39, 0.29) is 30.7 Å². The van der Waals surface area contributed by atoms with E-state index in [1.165, 1.54) is 0 Å². The first-order valence-electron chi connectivity index (χ1n) is 9.83. The van der Waals surface area contributed by atoms with Crippen LogP contribution in [0.4, 0.5) is 5.69 Å². The van der Waals surface area contributed by atoms with Gasteiger partial charge in [-0.3, -0.25) is 19.0 Å². The minimum Gasteiger partial charge on any atom is -0.481 e. The highest BCUT2D eigenvalue weighted by Gasteiger charge is 2.21. The molecule has 30 heavy (non-hydrogen) atoms. The summed E-state index contributed by atoms with van der Waals surface area (Å²) in [5.41, 5.74) is 3.02. The Balaban J connectivity index is 1.62. The van der Waals surface area contributed by atoms with Gasteiger partial charge in [0.2, 0.25) is 5.91 Å². The summed E-state index contributed by atoms with van der Waals surface area (Å²) in [6, 6.07) is 14.9. The van der Waals surface area contributed by atoms with Gasteiger partial charge in [0.25, 0.3) is 5.56 Å². The normalized spacial score (nSPS) is 14.1. The first kappa shape index (κ1) is 19.6. The molecule has 0 spiro atoms. The van der Waals surface area contributed by atoms with Gasteiger partial charge in [0.1, 0.15) is 5.82 Å². The molecule has 0 saturated heterocycles. The number of carbonyl (C=O) groups excluding carboxylic acids is 1. The fourth-order valence-corrected chi connectivity index (χ4v) is 3.61. The summed E-state index contributed by atoms with van der Waals surface area (Å²) < 4.78 is 1.70. The van der Waals surface area contributed by atoms with Crippen molar-refractivity contribution in [1.29, 1.82) is 0 Å². The third-order valence-corrected chi connectivity index (χ3v) is 5.07. The van der Waals surface area contributed by atoms with Gasteiger partial charge in [-0.1, -0.05) is 30.3 Å². The van der Waals surface area contributed by atoms with Crippen molar-refractivity contribution in [2.45, 2.75) is 32.2 Å². The van der Waals surface area contributed by atoms with Gasteiger partial charge in [-0.05, 0) is 48.3 Å². The van der Waals surface area contributed by atoms with Gasteiger partial charge in [-0.15, -0.1) is 0 Å². The van der Waals surface area contributed by atoms with Crippen molar-refractivity contribution in [1.82, 2.24) is 9.55 Å². The zero-order valence-corrected chi connectivity index (χ0v) is 16.3. The molecule has 0 saturated carbocycles. The average Bonchev–Trinajstić information content (AvgIpc) is 3.11. The summed E-state index contributed by atoms with van der Waals surface area (Å²) in [5, 5.41) is 11.9. The molecule has 0 bridgehead atoms. The maximum Gasteiger partial charge on any atom is 0.303 e. The molecule has 7 heteroatoms. The van der Waals surface area contributed by atoms with Crippen molar-refractivity contribution in [3.63, 3.8) is 0 Å². The van der Waals surface area contributed by atoms with Crippen molar-refractivity contribution >= 4 is 40.1 Å². The molecule has 2 aromatic carbocycles. The number of amides is 1.